The van der Waals surface area contributed by atoms with Crippen LogP contribution in [0, 0.1) is 6.42 Å². The second kappa shape index (κ2) is 16.4. The molecule has 0 aliphatic heterocycles. The van der Waals surface area contributed by atoms with Gasteiger partial charge in [0.25, 0.3) is 0 Å². The first-order chi connectivity index (χ1) is 25.2. The van der Waals surface area contributed by atoms with E-state index in [1.54, 1.807) is 24.3 Å². The van der Waals surface area contributed by atoms with Gasteiger partial charge >= 0.3 is 12.1 Å². The molecule has 4 aromatic carbocycles. The monoisotopic (exact) mass is 696 g/mol. The molecule has 0 saturated heterocycles. The summed E-state index contributed by atoms with van der Waals surface area (Å²) in [6.07, 6.45) is 6.53. The number of fused-ring (bicyclic) bond motifs is 3. The molecular weight excluding hydrogens is 658 g/mol. The van der Waals surface area contributed by atoms with E-state index in [1.165, 1.54) is 30.7 Å². The molecule has 2 aliphatic carbocycles. The minimum atomic E-state index is -1.44. The van der Waals surface area contributed by atoms with E-state index < -0.39 is 42.0 Å². The van der Waals surface area contributed by atoms with Gasteiger partial charge in [-0.25, -0.2) is 4.79 Å². The number of carboxylic acids is 1. The molecule has 10 nitrogen and oxygen atoms in total. The average molecular weight is 697 g/mol. The number of hydrogen-bond acceptors (Lipinski definition) is 6. The summed E-state index contributed by atoms with van der Waals surface area (Å²) in [5.41, 5.74) is 6.22. The van der Waals surface area contributed by atoms with Crippen molar-refractivity contribution in [2.24, 2.45) is 0 Å². The van der Waals surface area contributed by atoms with Crippen LogP contribution in [0.1, 0.15) is 28.2 Å². The van der Waals surface area contributed by atoms with E-state index >= 15 is 0 Å². The van der Waals surface area contributed by atoms with E-state index in [2.05, 4.69) is 16.0 Å². The van der Waals surface area contributed by atoms with Gasteiger partial charge in [-0.3, -0.25) is 14.4 Å². The molecule has 10 heteroatoms. The Morgan fingerprint density at radius 2 is 1.21 bits per heavy atom. The Morgan fingerprint density at radius 1 is 0.692 bits per heavy atom. The van der Waals surface area contributed by atoms with Crippen molar-refractivity contribution in [3.63, 3.8) is 0 Å². The number of allylic oxidation sites excluding steroid dienone is 4. The predicted octanol–water partition coefficient (Wildman–Crippen LogP) is 5.58. The van der Waals surface area contributed by atoms with E-state index in [0.717, 1.165) is 33.4 Å². The molecule has 2 aliphatic rings. The molecule has 6 rings (SSSR count). The van der Waals surface area contributed by atoms with Crippen LogP contribution in [0.15, 0.2) is 145 Å². The molecule has 0 bridgehead atoms. The van der Waals surface area contributed by atoms with Gasteiger partial charge in [0.1, 0.15) is 24.7 Å². The summed E-state index contributed by atoms with van der Waals surface area (Å²) >= 11 is 0. The van der Waals surface area contributed by atoms with Crippen molar-refractivity contribution in [3.05, 3.63) is 174 Å². The van der Waals surface area contributed by atoms with Crippen LogP contribution in [0.2, 0.25) is 0 Å². The van der Waals surface area contributed by atoms with Gasteiger partial charge < -0.3 is 30.9 Å². The van der Waals surface area contributed by atoms with Crippen LogP contribution < -0.4 is 16.0 Å². The number of carbonyl (C=O) groups excluding carboxylic acids is 3. The summed E-state index contributed by atoms with van der Waals surface area (Å²) in [5, 5.41) is 27.6. The number of aliphatic carboxylic acids is 1. The number of aliphatic hydroxyl groups is 1. The zero-order valence-corrected chi connectivity index (χ0v) is 28.1. The Kier molecular flexibility index (Phi) is 11.2. The van der Waals surface area contributed by atoms with Crippen LogP contribution in [0.25, 0.3) is 11.1 Å². The van der Waals surface area contributed by atoms with Gasteiger partial charge in [0.15, 0.2) is 0 Å². The lowest BCUT2D eigenvalue weighted by Gasteiger charge is -2.25. The first kappa shape index (κ1) is 35.3. The van der Waals surface area contributed by atoms with Crippen LogP contribution in [0.4, 0.5) is 4.79 Å². The third-order valence-electron chi connectivity index (χ3n) is 8.97. The van der Waals surface area contributed by atoms with Crippen molar-refractivity contribution in [2.75, 3.05) is 6.61 Å². The fourth-order valence-corrected chi connectivity index (χ4v) is 6.38. The largest absolute Gasteiger partial charge is 0.551 e. The van der Waals surface area contributed by atoms with Crippen molar-refractivity contribution in [3.8, 4) is 11.1 Å². The quantitative estimate of drug-likeness (QED) is 0.115. The Balaban J connectivity index is 1.19. The molecule has 0 fully saturated rings. The molecule has 0 spiro atoms. The number of carbonyl (C=O) groups is 4. The maximum Gasteiger partial charge on any atom is 0.407 e. The maximum absolute atomic E-state index is 14.0. The number of aliphatic hydroxyl groups excluding tert-OH is 1. The number of hydrogen-bond donors (Lipinski definition) is 5. The highest BCUT2D eigenvalue weighted by Gasteiger charge is 2.32. The molecule has 0 unspecified atom stereocenters. The third-order valence-corrected chi connectivity index (χ3v) is 8.97. The minimum absolute atomic E-state index is 0.00967. The molecule has 264 valence electrons. The van der Waals surface area contributed by atoms with E-state index in [1.807, 2.05) is 84.9 Å². The topological polar surface area (TPSA) is 154 Å². The van der Waals surface area contributed by atoms with E-state index in [-0.39, 0.29) is 31.1 Å². The summed E-state index contributed by atoms with van der Waals surface area (Å²) in [4.78, 5) is 53.3. The van der Waals surface area contributed by atoms with E-state index in [0.29, 0.717) is 5.57 Å². The normalized spacial score (nSPS) is 15.5. The molecule has 0 heterocycles. The van der Waals surface area contributed by atoms with Crippen molar-refractivity contribution in [1.29, 1.82) is 0 Å². The maximum atomic E-state index is 14.0. The molecule has 5 N–H and O–H groups in total. The number of rotatable bonds is 13. The Morgan fingerprint density at radius 3 is 1.75 bits per heavy atom. The highest BCUT2D eigenvalue weighted by molar-refractivity contribution is 5.93. The lowest BCUT2D eigenvalue weighted by atomic mass is 9.98. The smallest absolute Gasteiger partial charge is 0.407 e. The van der Waals surface area contributed by atoms with Gasteiger partial charge in [0.2, 0.25) is 11.8 Å². The van der Waals surface area contributed by atoms with Crippen molar-refractivity contribution in [1.82, 2.24) is 16.0 Å². The summed E-state index contributed by atoms with van der Waals surface area (Å²) in [6, 6.07) is 30.3. The highest BCUT2D eigenvalue weighted by Crippen LogP contribution is 2.44. The first-order valence-electron chi connectivity index (χ1n) is 16.9. The van der Waals surface area contributed by atoms with Crippen LogP contribution in [0.5, 0.6) is 0 Å². The number of nitrogens with one attached hydrogen (secondary N) is 3. The fraction of sp³-hybridized carbons (Fsp3) is 0.167. The van der Waals surface area contributed by atoms with Gasteiger partial charge in [0.05, 0.1) is 0 Å². The van der Waals surface area contributed by atoms with Gasteiger partial charge in [-0.05, 0) is 33.4 Å². The van der Waals surface area contributed by atoms with Gasteiger partial charge in [-0.15, -0.1) is 36.3 Å². The van der Waals surface area contributed by atoms with Gasteiger partial charge in [0, 0.05) is 24.5 Å². The molecule has 52 heavy (non-hydrogen) atoms. The molecule has 0 saturated carbocycles. The van der Waals surface area contributed by atoms with E-state index in [4.69, 9.17) is 4.74 Å². The van der Waals surface area contributed by atoms with Crippen LogP contribution in [-0.4, -0.2) is 58.8 Å². The standard InChI is InChI=1S/C42H38N3O7/c46-30-21-19-29(20-22-30)25-38(41(49)50)44-39(47)36(23-27-11-3-1-4-12-27)43-40(48)37(24-28-13-5-2-6-14-28)45-42(51)52-26-35-33-17-9-7-15-31(33)32-16-8-10-18-34(32)35/h1-22,25,35-38,46H,23-24,26H2,(H,43,48)(H,44,47)(H,45,51)(H,49,50)/q-1/t36-,37-,38-/m0/s1. The van der Waals surface area contributed by atoms with Gasteiger partial charge in [-0.1, -0.05) is 109 Å². The number of carboxylic acid groups (broad SMARTS) is 1. The number of ether oxygens (including phenoxy) is 1. The zero-order chi connectivity index (χ0) is 36.5. The second-order valence-corrected chi connectivity index (χ2v) is 12.5. The minimum Gasteiger partial charge on any atom is -0.551 e. The number of alkyl carbamates (subject to hydrolysis) is 1. The van der Waals surface area contributed by atoms with Crippen LogP contribution in [0.3, 0.4) is 0 Å². The fourth-order valence-electron chi connectivity index (χ4n) is 6.38. The molecule has 0 aromatic heterocycles. The third kappa shape index (κ3) is 8.78. The first-order valence-corrected chi connectivity index (χ1v) is 16.9. The molecule has 4 aromatic rings. The SMILES string of the molecule is O=C(N[C@@H](Cc1ccccc1)C(=O)N[C@@H](Cc1ccccc1)C(=O)N[C@@H](/C=C1\C=CC(O)=C[CH-]1)C(=O)O)OCC1c2ccccc2-c2ccccc21. The lowest BCUT2D eigenvalue weighted by molar-refractivity contribution is -0.140. The van der Waals surface area contributed by atoms with Crippen LogP contribution >= 0.6 is 0 Å². The van der Waals surface area contributed by atoms with Crippen molar-refractivity contribution < 1.29 is 34.1 Å². The molecular formula is C42H38N3O7-. The van der Waals surface area contributed by atoms with Gasteiger partial charge in [-0.2, -0.15) is 0 Å². The molecule has 3 amide bonds. The Labute approximate surface area is 301 Å². The molecule has 0 radical (unpaired) electrons. The summed E-state index contributed by atoms with van der Waals surface area (Å²) in [6.45, 7) is 0.0483. The number of benzene rings is 4. The Bertz CT molecular complexity index is 1980. The van der Waals surface area contributed by atoms with E-state index in [9.17, 15) is 29.4 Å². The highest BCUT2D eigenvalue weighted by atomic mass is 16.5. The van der Waals surface area contributed by atoms with Crippen molar-refractivity contribution in [2.45, 2.75) is 36.9 Å². The number of amides is 3. The summed E-state index contributed by atoms with van der Waals surface area (Å²) in [5.74, 6) is -2.87. The summed E-state index contributed by atoms with van der Waals surface area (Å²) < 4.78 is 5.75. The Hall–Kier alpha value is -6.55. The molecule has 3 atom stereocenters. The lowest BCUT2D eigenvalue weighted by Crippen LogP contribution is -2.56. The second-order valence-electron chi connectivity index (χ2n) is 12.5. The van der Waals surface area contributed by atoms with Crippen LogP contribution in [-0.2, 0) is 32.0 Å². The average Bonchev–Trinajstić information content (AvgIpc) is 3.48. The predicted molar refractivity (Wildman–Crippen MR) is 196 cm³/mol. The zero-order valence-electron chi connectivity index (χ0n) is 28.1. The van der Waals surface area contributed by atoms with Crippen molar-refractivity contribution >= 4 is 23.9 Å². The summed E-state index contributed by atoms with van der Waals surface area (Å²) in [7, 11) is 0.